The van der Waals surface area contributed by atoms with E-state index >= 15 is 0 Å². The number of thiophene rings is 1. The number of halogens is 3. The number of hydrogen-bond donors (Lipinski definition) is 1. The monoisotopic (exact) mass is 396 g/mol. The van der Waals surface area contributed by atoms with Crippen LogP contribution in [0.25, 0.3) is 0 Å². The molecule has 146 valence electrons. The van der Waals surface area contributed by atoms with E-state index in [1.54, 1.807) is 11.3 Å². The molecule has 0 bridgehead atoms. The van der Waals surface area contributed by atoms with E-state index in [4.69, 9.17) is 0 Å². The number of nitrogens with one attached hydrogen (secondary N) is 1. The Kier molecular flexibility index (Phi) is 6.55. The molecule has 0 radical (unpaired) electrons. The van der Waals surface area contributed by atoms with Crippen molar-refractivity contribution in [1.29, 1.82) is 0 Å². The van der Waals surface area contributed by atoms with E-state index in [1.165, 1.54) is 30.5 Å². The number of benzene rings is 1. The summed E-state index contributed by atoms with van der Waals surface area (Å²) in [5, 5.41) is 7.03. The topological polar surface area (TPSA) is 32.3 Å². The number of alkyl halides is 3. The van der Waals surface area contributed by atoms with Crippen LogP contribution >= 0.6 is 11.3 Å². The Labute approximate surface area is 161 Å². The molecule has 1 fully saturated rings. The normalized spacial score (nSPS) is 17.3. The number of rotatable bonds is 5. The highest BCUT2D eigenvalue weighted by Gasteiger charge is 2.30. The van der Waals surface area contributed by atoms with Crippen molar-refractivity contribution < 1.29 is 18.0 Å². The van der Waals surface area contributed by atoms with Gasteiger partial charge in [-0.25, -0.2) is 0 Å². The summed E-state index contributed by atoms with van der Waals surface area (Å²) < 4.78 is 38.0. The quantitative estimate of drug-likeness (QED) is 0.761. The zero-order valence-corrected chi connectivity index (χ0v) is 15.8. The lowest BCUT2D eigenvalue weighted by atomic mass is 10.1. The first-order valence-corrected chi connectivity index (χ1v) is 10.1. The second kappa shape index (κ2) is 8.89. The minimum Gasteiger partial charge on any atom is -0.350 e. The molecule has 27 heavy (non-hydrogen) atoms. The molecule has 1 atom stereocenters. The van der Waals surface area contributed by atoms with Crippen LogP contribution in [0.5, 0.6) is 0 Å². The molecular weight excluding hydrogens is 373 g/mol. The fraction of sp³-hybridized carbons (Fsp3) is 0.450. The van der Waals surface area contributed by atoms with Crippen LogP contribution in [-0.2, 0) is 6.18 Å². The minimum absolute atomic E-state index is 0.0905. The maximum atomic E-state index is 12.7. The molecule has 2 heterocycles. The van der Waals surface area contributed by atoms with Crippen LogP contribution in [0.1, 0.15) is 53.2 Å². The van der Waals surface area contributed by atoms with E-state index in [1.807, 2.05) is 5.38 Å². The summed E-state index contributed by atoms with van der Waals surface area (Å²) in [4.78, 5) is 14.8. The molecular formula is C20H23F3N2OS. The van der Waals surface area contributed by atoms with Gasteiger partial charge in [-0.3, -0.25) is 9.69 Å². The van der Waals surface area contributed by atoms with E-state index in [0.29, 0.717) is 6.54 Å². The number of carbonyl (C=O) groups excluding carboxylic acids is 1. The van der Waals surface area contributed by atoms with Gasteiger partial charge in [0.2, 0.25) is 0 Å². The summed E-state index contributed by atoms with van der Waals surface area (Å²) in [5.41, 5.74) is 0.664. The van der Waals surface area contributed by atoms with Gasteiger partial charge in [-0.15, -0.1) is 0 Å². The summed E-state index contributed by atoms with van der Waals surface area (Å²) in [7, 11) is 0. The number of carbonyl (C=O) groups is 1. The molecule has 3 nitrogen and oxygen atoms in total. The van der Waals surface area contributed by atoms with E-state index in [-0.39, 0.29) is 17.5 Å². The van der Waals surface area contributed by atoms with Crippen LogP contribution in [0, 0.1) is 0 Å². The van der Waals surface area contributed by atoms with Gasteiger partial charge in [-0.2, -0.15) is 24.5 Å². The van der Waals surface area contributed by atoms with Crippen molar-refractivity contribution in [1.82, 2.24) is 10.2 Å². The summed E-state index contributed by atoms with van der Waals surface area (Å²) in [5.74, 6) is -0.348. The highest BCUT2D eigenvalue weighted by atomic mass is 32.1. The van der Waals surface area contributed by atoms with Crippen LogP contribution in [0.4, 0.5) is 13.2 Å². The second-order valence-corrected chi connectivity index (χ2v) is 7.59. The summed E-state index contributed by atoms with van der Waals surface area (Å²) in [6, 6.07) is 6.51. The first-order valence-electron chi connectivity index (χ1n) is 9.17. The maximum absolute atomic E-state index is 12.7. The predicted octanol–water partition coefficient (Wildman–Crippen LogP) is 5.11. The Morgan fingerprint density at radius 3 is 2.30 bits per heavy atom. The molecule has 1 aliphatic heterocycles. The Bertz CT molecular complexity index is 721. The molecule has 2 aromatic rings. The SMILES string of the molecule is O=C(NC[C@H](c1ccsc1)N1CCCCCC1)c1ccc(C(F)(F)F)cc1. The molecule has 7 heteroatoms. The minimum atomic E-state index is -4.40. The summed E-state index contributed by atoms with van der Waals surface area (Å²) in [6.07, 6.45) is 0.350. The van der Waals surface area contributed by atoms with E-state index in [0.717, 1.165) is 38.1 Å². The molecule has 1 aromatic carbocycles. The van der Waals surface area contributed by atoms with Crippen LogP contribution in [-0.4, -0.2) is 30.4 Å². The van der Waals surface area contributed by atoms with Crippen molar-refractivity contribution >= 4 is 17.2 Å². The fourth-order valence-electron chi connectivity index (χ4n) is 3.43. The van der Waals surface area contributed by atoms with E-state index in [2.05, 4.69) is 21.7 Å². The number of likely N-dealkylation sites (tertiary alicyclic amines) is 1. The zero-order valence-electron chi connectivity index (χ0n) is 15.0. The van der Waals surface area contributed by atoms with Gasteiger partial charge < -0.3 is 5.32 Å². The Balaban J connectivity index is 1.66. The molecule has 1 N–H and O–H groups in total. The van der Waals surface area contributed by atoms with Crippen LogP contribution in [0.3, 0.4) is 0 Å². The lowest BCUT2D eigenvalue weighted by Gasteiger charge is -2.30. The molecule has 0 unspecified atom stereocenters. The zero-order chi connectivity index (χ0) is 19.3. The van der Waals surface area contributed by atoms with Gasteiger partial charge in [0.15, 0.2) is 0 Å². The predicted molar refractivity (Wildman–Crippen MR) is 101 cm³/mol. The third-order valence-corrected chi connectivity index (χ3v) is 5.64. The van der Waals surface area contributed by atoms with Crippen molar-refractivity contribution in [3.8, 4) is 0 Å². The van der Waals surface area contributed by atoms with Crippen molar-refractivity contribution in [2.45, 2.75) is 37.9 Å². The molecule has 1 saturated heterocycles. The van der Waals surface area contributed by atoms with Crippen molar-refractivity contribution in [3.05, 3.63) is 57.8 Å². The molecule has 1 aliphatic rings. The van der Waals surface area contributed by atoms with Gasteiger partial charge in [0.25, 0.3) is 5.91 Å². The lowest BCUT2D eigenvalue weighted by Crippen LogP contribution is -2.38. The number of nitrogens with zero attached hydrogens (tertiary/aromatic N) is 1. The van der Waals surface area contributed by atoms with Crippen LogP contribution in [0.2, 0.25) is 0 Å². The van der Waals surface area contributed by atoms with Gasteiger partial charge >= 0.3 is 6.18 Å². The van der Waals surface area contributed by atoms with Crippen molar-refractivity contribution in [2.75, 3.05) is 19.6 Å². The Hall–Kier alpha value is -1.86. The third-order valence-electron chi connectivity index (χ3n) is 4.94. The van der Waals surface area contributed by atoms with Crippen LogP contribution < -0.4 is 5.32 Å². The van der Waals surface area contributed by atoms with Gasteiger partial charge in [-0.1, -0.05) is 12.8 Å². The summed E-state index contributed by atoms with van der Waals surface area (Å²) >= 11 is 1.63. The van der Waals surface area contributed by atoms with Crippen molar-refractivity contribution in [2.24, 2.45) is 0 Å². The van der Waals surface area contributed by atoms with Gasteiger partial charge in [0.05, 0.1) is 11.6 Å². The third kappa shape index (κ3) is 5.32. The smallest absolute Gasteiger partial charge is 0.350 e. The highest BCUT2D eigenvalue weighted by molar-refractivity contribution is 7.07. The summed E-state index contributed by atoms with van der Waals surface area (Å²) in [6.45, 7) is 2.43. The Morgan fingerprint density at radius 1 is 1.07 bits per heavy atom. The average molecular weight is 396 g/mol. The largest absolute Gasteiger partial charge is 0.416 e. The van der Waals surface area contributed by atoms with Gasteiger partial charge in [0.1, 0.15) is 0 Å². The number of amides is 1. The highest BCUT2D eigenvalue weighted by Crippen LogP contribution is 2.29. The lowest BCUT2D eigenvalue weighted by molar-refractivity contribution is -0.137. The molecule has 3 rings (SSSR count). The number of hydrogen-bond acceptors (Lipinski definition) is 3. The van der Waals surface area contributed by atoms with Gasteiger partial charge in [0, 0.05) is 12.1 Å². The first kappa shape index (κ1) is 19.9. The van der Waals surface area contributed by atoms with Crippen molar-refractivity contribution in [3.63, 3.8) is 0 Å². The fourth-order valence-corrected chi connectivity index (χ4v) is 4.14. The molecule has 0 saturated carbocycles. The van der Waals surface area contributed by atoms with Gasteiger partial charge in [-0.05, 0) is 72.6 Å². The first-order chi connectivity index (χ1) is 12.9. The second-order valence-electron chi connectivity index (χ2n) is 6.81. The van der Waals surface area contributed by atoms with Crippen LogP contribution in [0.15, 0.2) is 41.1 Å². The standard InChI is InChI=1S/C20H23F3N2OS/c21-20(22,23)17-7-5-15(6-8-17)19(26)24-13-18(16-9-12-27-14-16)25-10-3-1-2-4-11-25/h5-9,12,14,18H,1-4,10-11,13H2,(H,24,26)/t18-/m1/s1. The van der Waals surface area contributed by atoms with E-state index < -0.39 is 11.7 Å². The molecule has 1 aromatic heterocycles. The molecule has 1 amide bonds. The van der Waals surface area contributed by atoms with E-state index in [9.17, 15) is 18.0 Å². The molecule has 0 aliphatic carbocycles. The Morgan fingerprint density at radius 2 is 1.74 bits per heavy atom. The molecule has 0 spiro atoms. The maximum Gasteiger partial charge on any atom is 0.416 e. The average Bonchev–Trinajstić information content (AvgIpc) is 3.04.